The van der Waals surface area contributed by atoms with Crippen molar-refractivity contribution in [3.8, 4) is 33.4 Å². The minimum absolute atomic E-state index is 0.853. The monoisotopic (exact) mass is 536 g/mol. The van der Waals surface area contributed by atoms with Crippen LogP contribution < -0.4 is 0 Å². The van der Waals surface area contributed by atoms with Gasteiger partial charge in [0, 0.05) is 21.9 Å². The van der Waals surface area contributed by atoms with Gasteiger partial charge >= 0.3 is 0 Å². The maximum absolute atomic E-state index is 6.65. The summed E-state index contributed by atoms with van der Waals surface area (Å²) in [6, 6.07) is 49.5. The number of benzene rings is 7. The van der Waals surface area contributed by atoms with Crippen molar-refractivity contribution in [3.63, 3.8) is 0 Å². The van der Waals surface area contributed by atoms with E-state index in [1.54, 1.807) is 6.26 Å². The lowest BCUT2D eigenvalue weighted by molar-refractivity contribution is 0.618. The van der Waals surface area contributed by atoms with Crippen LogP contribution in [-0.2, 0) is 0 Å². The Balaban J connectivity index is 1.46. The fourth-order valence-electron chi connectivity index (χ4n) is 6.78. The summed E-state index contributed by atoms with van der Waals surface area (Å²) in [4.78, 5) is 0. The number of para-hydroxylation sites is 1. The topological polar surface area (TPSA) is 26.3 Å². The molecule has 0 atom stereocenters. The summed E-state index contributed by atoms with van der Waals surface area (Å²) in [5.41, 5.74) is 9.73. The van der Waals surface area contributed by atoms with Crippen molar-refractivity contribution in [2.24, 2.45) is 0 Å². The van der Waals surface area contributed by atoms with E-state index in [4.69, 9.17) is 8.83 Å². The van der Waals surface area contributed by atoms with Crippen LogP contribution in [0.1, 0.15) is 0 Å². The molecule has 0 aliphatic carbocycles. The smallest absolute Gasteiger partial charge is 0.147 e. The molecule has 0 spiro atoms. The summed E-state index contributed by atoms with van der Waals surface area (Å²) in [6.45, 7) is 0. The number of furan rings is 2. The van der Waals surface area contributed by atoms with Gasteiger partial charge in [0.05, 0.1) is 11.6 Å². The molecule has 0 N–H and O–H groups in total. The highest BCUT2D eigenvalue weighted by molar-refractivity contribution is 6.27. The summed E-state index contributed by atoms with van der Waals surface area (Å²) in [6.07, 6.45) is 1.77. The molecule has 0 unspecified atom stereocenters. The average molecular weight is 537 g/mol. The Bertz CT molecular complexity index is 2400. The molecule has 0 aliphatic rings. The molecule has 0 saturated heterocycles. The van der Waals surface area contributed by atoms with Gasteiger partial charge in [-0.2, -0.15) is 0 Å². The van der Waals surface area contributed by atoms with Crippen molar-refractivity contribution < 1.29 is 8.83 Å². The number of hydrogen-bond donors (Lipinski definition) is 0. The largest absolute Gasteiger partial charge is 0.464 e. The van der Waals surface area contributed by atoms with E-state index in [-0.39, 0.29) is 0 Å². The molecule has 7 aromatic carbocycles. The van der Waals surface area contributed by atoms with Gasteiger partial charge in [0.2, 0.25) is 0 Å². The van der Waals surface area contributed by atoms with Crippen LogP contribution in [0.15, 0.2) is 155 Å². The average Bonchev–Trinajstić information content (AvgIpc) is 3.68. The third-order valence-corrected chi connectivity index (χ3v) is 8.54. The first-order valence-electron chi connectivity index (χ1n) is 14.3. The highest BCUT2D eigenvalue weighted by Crippen LogP contribution is 2.49. The normalized spacial score (nSPS) is 11.8. The summed E-state index contributed by atoms with van der Waals surface area (Å²) in [5.74, 6) is 0. The molecule has 9 aromatic rings. The van der Waals surface area contributed by atoms with Gasteiger partial charge in [-0.15, -0.1) is 0 Å². The molecule has 2 nitrogen and oxygen atoms in total. The van der Waals surface area contributed by atoms with E-state index in [1.165, 1.54) is 49.4 Å². The molecule has 0 bridgehead atoms. The van der Waals surface area contributed by atoms with Crippen LogP contribution in [0.4, 0.5) is 0 Å². The van der Waals surface area contributed by atoms with E-state index in [0.717, 1.165) is 38.5 Å². The van der Waals surface area contributed by atoms with Gasteiger partial charge < -0.3 is 8.83 Å². The SMILES string of the molecule is c1ccc(-c2ccccc2-c2c3ccccc3c(-c3cc4ccoc4c4c3oc3ccccc34)c3ccccc23)cc1. The molecule has 2 heteroatoms. The van der Waals surface area contributed by atoms with Crippen LogP contribution in [0.5, 0.6) is 0 Å². The van der Waals surface area contributed by atoms with Gasteiger partial charge in [0.25, 0.3) is 0 Å². The zero-order valence-corrected chi connectivity index (χ0v) is 22.7. The van der Waals surface area contributed by atoms with Gasteiger partial charge in [0.15, 0.2) is 0 Å². The van der Waals surface area contributed by atoms with Crippen molar-refractivity contribution in [3.05, 3.63) is 146 Å². The van der Waals surface area contributed by atoms with E-state index in [2.05, 4.69) is 127 Å². The van der Waals surface area contributed by atoms with Gasteiger partial charge in [-0.05, 0) is 62.0 Å². The predicted molar refractivity (Wildman–Crippen MR) is 175 cm³/mol. The maximum atomic E-state index is 6.65. The van der Waals surface area contributed by atoms with Crippen molar-refractivity contribution in [1.82, 2.24) is 0 Å². The van der Waals surface area contributed by atoms with E-state index in [9.17, 15) is 0 Å². The van der Waals surface area contributed by atoms with Crippen LogP contribution in [0.2, 0.25) is 0 Å². The molecule has 0 amide bonds. The lowest BCUT2D eigenvalue weighted by atomic mass is 9.83. The Kier molecular flexibility index (Phi) is 4.93. The zero-order valence-electron chi connectivity index (χ0n) is 22.7. The maximum Gasteiger partial charge on any atom is 0.147 e. The van der Waals surface area contributed by atoms with E-state index in [0.29, 0.717) is 0 Å². The first-order valence-corrected chi connectivity index (χ1v) is 14.3. The van der Waals surface area contributed by atoms with Crippen LogP contribution >= 0.6 is 0 Å². The van der Waals surface area contributed by atoms with Gasteiger partial charge in [-0.25, -0.2) is 0 Å². The van der Waals surface area contributed by atoms with Crippen molar-refractivity contribution in [1.29, 1.82) is 0 Å². The fourth-order valence-corrected chi connectivity index (χ4v) is 6.78. The van der Waals surface area contributed by atoms with Crippen LogP contribution in [0.25, 0.3) is 87.8 Å². The first kappa shape index (κ1) is 23.1. The molecular weight excluding hydrogens is 512 g/mol. The Morgan fingerprint density at radius 3 is 1.64 bits per heavy atom. The zero-order chi connectivity index (χ0) is 27.6. The molecule has 0 saturated carbocycles. The molecule has 0 fully saturated rings. The minimum Gasteiger partial charge on any atom is -0.464 e. The van der Waals surface area contributed by atoms with Crippen molar-refractivity contribution in [2.75, 3.05) is 0 Å². The summed E-state index contributed by atoms with van der Waals surface area (Å²) >= 11 is 0. The first-order chi connectivity index (χ1) is 20.9. The molecular formula is C40H24O2. The summed E-state index contributed by atoms with van der Waals surface area (Å²) in [5, 5.41) is 7.97. The predicted octanol–water partition coefficient (Wildman–Crippen LogP) is 11.6. The lowest BCUT2D eigenvalue weighted by Crippen LogP contribution is -1.93. The number of hydrogen-bond acceptors (Lipinski definition) is 2. The van der Waals surface area contributed by atoms with E-state index in [1.807, 2.05) is 12.1 Å². The van der Waals surface area contributed by atoms with Gasteiger partial charge in [-0.3, -0.25) is 0 Å². The Hall–Kier alpha value is -5.60. The summed E-state index contributed by atoms with van der Waals surface area (Å²) < 4.78 is 12.7. The molecule has 196 valence electrons. The molecule has 42 heavy (non-hydrogen) atoms. The Morgan fingerprint density at radius 1 is 0.405 bits per heavy atom. The molecule has 2 heterocycles. The highest BCUT2D eigenvalue weighted by atomic mass is 16.3. The lowest BCUT2D eigenvalue weighted by Gasteiger charge is -2.19. The van der Waals surface area contributed by atoms with Gasteiger partial charge in [0.1, 0.15) is 16.7 Å². The quantitative estimate of drug-likeness (QED) is 0.210. The number of fused-ring (bicyclic) bond motifs is 7. The summed E-state index contributed by atoms with van der Waals surface area (Å²) in [7, 11) is 0. The van der Waals surface area contributed by atoms with Gasteiger partial charge in [-0.1, -0.05) is 121 Å². The fraction of sp³-hybridized carbons (Fsp3) is 0. The molecule has 9 rings (SSSR count). The third-order valence-electron chi connectivity index (χ3n) is 8.54. The van der Waals surface area contributed by atoms with Crippen LogP contribution in [0, 0.1) is 0 Å². The molecule has 2 aromatic heterocycles. The third kappa shape index (κ3) is 3.27. The van der Waals surface area contributed by atoms with E-state index < -0.39 is 0 Å². The second-order valence-electron chi connectivity index (χ2n) is 10.8. The van der Waals surface area contributed by atoms with E-state index >= 15 is 0 Å². The second kappa shape index (κ2) is 8.95. The number of rotatable bonds is 3. The van der Waals surface area contributed by atoms with Crippen LogP contribution in [-0.4, -0.2) is 0 Å². The highest BCUT2D eigenvalue weighted by Gasteiger charge is 2.23. The standard InChI is InChI=1S/C40H24O2/c1-2-12-25(13-3-1)27-14-4-5-15-28(27)36-29-16-6-8-18-31(29)37(32-19-9-7-17-30(32)36)34-24-26-22-23-41-39(26)38-33-20-10-11-21-35(33)42-40(34)38/h1-24H. The Morgan fingerprint density at radius 2 is 0.952 bits per heavy atom. The molecule has 0 aliphatic heterocycles. The van der Waals surface area contributed by atoms with Crippen molar-refractivity contribution >= 4 is 54.5 Å². The second-order valence-corrected chi connectivity index (χ2v) is 10.8. The minimum atomic E-state index is 0.853. The van der Waals surface area contributed by atoms with Crippen LogP contribution in [0.3, 0.4) is 0 Å². The molecule has 0 radical (unpaired) electrons. The van der Waals surface area contributed by atoms with Crippen molar-refractivity contribution in [2.45, 2.75) is 0 Å². The Labute approximate surface area is 242 Å².